The van der Waals surface area contributed by atoms with Gasteiger partial charge in [0, 0.05) is 18.1 Å². The molecule has 0 aliphatic rings. The Morgan fingerprint density at radius 1 is 1.10 bits per heavy atom. The van der Waals surface area contributed by atoms with Gasteiger partial charge in [-0.3, -0.25) is 4.98 Å². The third kappa shape index (κ3) is 3.47. The van der Waals surface area contributed by atoms with Crippen LogP contribution in [0.25, 0.3) is 10.9 Å². The van der Waals surface area contributed by atoms with E-state index in [0.717, 1.165) is 43.0 Å². The minimum Gasteiger partial charge on any atom is -0.331 e. The molecule has 0 fully saturated rings. The van der Waals surface area contributed by atoms with Gasteiger partial charge in [0.2, 0.25) is 0 Å². The Morgan fingerprint density at radius 3 is 2.90 bits per heavy atom. The maximum atomic E-state index is 4.69. The molecule has 1 aromatic carbocycles. The van der Waals surface area contributed by atoms with E-state index in [1.165, 1.54) is 5.39 Å². The first-order valence-corrected chi connectivity index (χ1v) is 7.41. The molecule has 3 rings (SSSR count). The smallest absolute Gasteiger partial charge is 0.0953 e. The Morgan fingerprint density at radius 2 is 2.00 bits per heavy atom. The topological polar surface area (TPSA) is 42.7 Å². The summed E-state index contributed by atoms with van der Waals surface area (Å²) in [5.41, 5.74) is 3.17. The van der Waals surface area contributed by atoms with Gasteiger partial charge in [0.1, 0.15) is 0 Å². The molecule has 4 heteroatoms. The number of para-hydroxylation sites is 1. The van der Waals surface area contributed by atoms with Crippen LogP contribution in [-0.4, -0.2) is 21.1 Å². The quantitative estimate of drug-likeness (QED) is 0.706. The molecule has 0 radical (unpaired) electrons. The maximum absolute atomic E-state index is 4.69. The van der Waals surface area contributed by atoms with Crippen LogP contribution >= 0.6 is 0 Å². The third-order valence-corrected chi connectivity index (χ3v) is 3.42. The van der Waals surface area contributed by atoms with Crippen LogP contribution in [0.3, 0.4) is 0 Å². The Labute approximate surface area is 124 Å². The van der Waals surface area contributed by atoms with Crippen LogP contribution < -0.4 is 5.32 Å². The molecule has 0 unspecified atom stereocenters. The number of benzene rings is 1. The zero-order chi connectivity index (χ0) is 14.5. The maximum Gasteiger partial charge on any atom is 0.0953 e. The van der Waals surface area contributed by atoms with Crippen molar-refractivity contribution in [1.29, 1.82) is 0 Å². The van der Waals surface area contributed by atoms with Crippen molar-refractivity contribution in [2.45, 2.75) is 26.4 Å². The summed E-state index contributed by atoms with van der Waals surface area (Å²) in [6.07, 6.45) is 5.10. The average molecular weight is 280 g/mol. The Balaban J connectivity index is 1.70. The van der Waals surface area contributed by atoms with Crippen molar-refractivity contribution >= 4 is 10.9 Å². The third-order valence-electron chi connectivity index (χ3n) is 3.42. The van der Waals surface area contributed by atoms with E-state index in [1.807, 2.05) is 24.5 Å². The summed E-state index contributed by atoms with van der Waals surface area (Å²) in [6, 6.07) is 12.4. The number of imidazole rings is 1. The van der Waals surface area contributed by atoms with Crippen LogP contribution in [0, 0.1) is 0 Å². The second-order valence-electron chi connectivity index (χ2n) is 5.21. The molecule has 2 aromatic heterocycles. The van der Waals surface area contributed by atoms with Crippen LogP contribution in [0.2, 0.25) is 0 Å². The molecule has 3 aromatic rings. The molecule has 108 valence electrons. The lowest BCUT2D eigenvalue weighted by atomic mass is 10.2. The first-order chi connectivity index (χ1) is 10.3. The zero-order valence-corrected chi connectivity index (χ0v) is 12.3. The number of fused-ring (bicyclic) bond motifs is 1. The highest BCUT2D eigenvalue weighted by Crippen LogP contribution is 2.12. The van der Waals surface area contributed by atoms with Crippen molar-refractivity contribution < 1.29 is 0 Å². The fraction of sp³-hybridized carbons (Fsp3) is 0.294. The van der Waals surface area contributed by atoms with Gasteiger partial charge in [-0.05, 0) is 25.1 Å². The molecule has 0 saturated carbocycles. The molecule has 4 nitrogen and oxygen atoms in total. The molecule has 2 heterocycles. The predicted molar refractivity (Wildman–Crippen MR) is 85.1 cm³/mol. The second kappa shape index (κ2) is 6.50. The van der Waals surface area contributed by atoms with E-state index >= 15 is 0 Å². The fourth-order valence-corrected chi connectivity index (χ4v) is 2.36. The number of aromatic nitrogens is 3. The van der Waals surface area contributed by atoms with Crippen LogP contribution in [0.1, 0.15) is 24.7 Å². The highest BCUT2D eigenvalue weighted by atomic mass is 15.1. The van der Waals surface area contributed by atoms with Crippen molar-refractivity contribution in [2.24, 2.45) is 0 Å². The minimum absolute atomic E-state index is 0.756. The van der Waals surface area contributed by atoms with Gasteiger partial charge >= 0.3 is 0 Å². The van der Waals surface area contributed by atoms with Crippen LogP contribution in [0.4, 0.5) is 0 Å². The van der Waals surface area contributed by atoms with Crippen molar-refractivity contribution in [2.75, 3.05) is 6.54 Å². The van der Waals surface area contributed by atoms with Gasteiger partial charge in [0.05, 0.1) is 29.8 Å². The van der Waals surface area contributed by atoms with Gasteiger partial charge in [-0.2, -0.15) is 0 Å². The lowest BCUT2D eigenvalue weighted by Crippen LogP contribution is -2.13. The summed E-state index contributed by atoms with van der Waals surface area (Å²) in [5, 5.41) is 4.54. The summed E-state index contributed by atoms with van der Waals surface area (Å²) < 4.78 is 2.08. The van der Waals surface area contributed by atoms with E-state index < -0.39 is 0 Å². The molecule has 0 atom stereocenters. The van der Waals surface area contributed by atoms with E-state index in [9.17, 15) is 0 Å². The van der Waals surface area contributed by atoms with E-state index in [-0.39, 0.29) is 0 Å². The van der Waals surface area contributed by atoms with Gasteiger partial charge in [-0.1, -0.05) is 31.2 Å². The SMILES string of the molecule is CCCNCc1cn(Cc2ccc3ccccc3n2)cn1. The largest absolute Gasteiger partial charge is 0.331 e. The standard InChI is InChI=1S/C17H20N4/c1-2-9-18-10-16-12-21(13-19-16)11-15-8-7-14-5-3-4-6-17(14)20-15/h3-8,12-13,18H,2,9-11H2,1H3. The summed E-state index contributed by atoms with van der Waals surface area (Å²) in [5.74, 6) is 0. The van der Waals surface area contributed by atoms with Crippen LogP contribution in [0.5, 0.6) is 0 Å². The number of nitrogens with one attached hydrogen (secondary N) is 1. The highest BCUT2D eigenvalue weighted by Gasteiger charge is 2.02. The summed E-state index contributed by atoms with van der Waals surface area (Å²) in [4.78, 5) is 9.11. The number of hydrogen-bond acceptors (Lipinski definition) is 3. The lowest BCUT2D eigenvalue weighted by molar-refractivity contribution is 0.665. The van der Waals surface area contributed by atoms with Gasteiger partial charge in [0.15, 0.2) is 0 Å². The molecule has 0 saturated heterocycles. The molecule has 0 bridgehead atoms. The van der Waals surface area contributed by atoms with Gasteiger partial charge < -0.3 is 9.88 Å². The van der Waals surface area contributed by atoms with Crippen LogP contribution in [0.15, 0.2) is 48.9 Å². The summed E-state index contributed by atoms with van der Waals surface area (Å²) in [7, 11) is 0. The number of nitrogens with zero attached hydrogens (tertiary/aromatic N) is 3. The normalized spacial score (nSPS) is 11.1. The predicted octanol–water partition coefficient (Wildman–Crippen LogP) is 2.98. The molecule has 0 aliphatic heterocycles. The molecule has 0 aliphatic carbocycles. The first-order valence-electron chi connectivity index (χ1n) is 7.41. The molecule has 1 N–H and O–H groups in total. The van der Waals surface area contributed by atoms with E-state index in [1.54, 1.807) is 0 Å². The first kappa shape index (κ1) is 13.8. The van der Waals surface area contributed by atoms with Crippen molar-refractivity contribution in [1.82, 2.24) is 19.9 Å². The Hall–Kier alpha value is -2.20. The summed E-state index contributed by atoms with van der Waals surface area (Å²) >= 11 is 0. The highest BCUT2D eigenvalue weighted by molar-refractivity contribution is 5.78. The van der Waals surface area contributed by atoms with Gasteiger partial charge in [-0.15, -0.1) is 0 Å². The molecule has 0 spiro atoms. The number of pyridine rings is 1. The van der Waals surface area contributed by atoms with Crippen molar-refractivity contribution in [3.05, 3.63) is 60.3 Å². The molecular formula is C17H20N4. The van der Waals surface area contributed by atoms with E-state index in [2.05, 4.69) is 46.2 Å². The van der Waals surface area contributed by atoms with Gasteiger partial charge in [0.25, 0.3) is 0 Å². The molecule has 21 heavy (non-hydrogen) atoms. The van der Waals surface area contributed by atoms with E-state index in [4.69, 9.17) is 4.98 Å². The molecule has 0 amide bonds. The Bertz CT molecular complexity index is 717. The lowest BCUT2D eigenvalue weighted by Gasteiger charge is -2.04. The molecular weight excluding hydrogens is 260 g/mol. The number of rotatable bonds is 6. The monoisotopic (exact) mass is 280 g/mol. The van der Waals surface area contributed by atoms with Gasteiger partial charge in [-0.25, -0.2) is 4.98 Å². The average Bonchev–Trinajstić information content (AvgIpc) is 2.95. The van der Waals surface area contributed by atoms with Crippen molar-refractivity contribution in [3.8, 4) is 0 Å². The van der Waals surface area contributed by atoms with E-state index in [0.29, 0.717) is 0 Å². The fourth-order valence-electron chi connectivity index (χ4n) is 2.36. The zero-order valence-electron chi connectivity index (χ0n) is 12.3. The Kier molecular flexibility index (Phi) is 4.26. The summed E-state index contributed by atoms with van der Waals surface area (Å²) in [6.45, 7) is 4.77. The van der Waals surface area contributed by atoms with Crippen LogP contribution in [-0.2, 0) is 13.1 Å². The minimum atomic E-state index is 0.756. The second-order valence-corrected chi connectivity index (χ2v) is 5.21. The van der Waals surface area contributed by atoms with Crippen molar-refractivity contribution in [3.63, 3.8) is 0 Å². The number of hydrogen-bond donors (Lipinski definition) is 1.